The van der Waals surface area contributed by atoms with Crippen molar-refractivity contribution in [1.82, 2.24) is 0 Å². The number of anilines is 1. The number of methoxy groups -OCH3 is 1. The lowest BCUT2D eigenvalue weighted by Gasteiger charge is -2.17. The van der Waals surface area contributed by atoms with Crippen molar-refractivity contribution in [2.24, 2.45) is 5.92 Å². The van der Waals surface area contributed by atoms with Crippen LogP contribution in [-0.2, 0) is 9.53 Å². The van der Waals surface area contributed by atoms with E-state index in [4.69, 9.17) is 14.2 Å². The van der Waals surface area contributed by atoms with Crippen molar-refractivity contribution in [3.05, 3.63) is 18.2 Å². The van der Waals surface area contributed by atoms with Gasteiger partial charge in [-0.2, -0.15) is 0 Å². The molecule has 0 radical (unpaired) electrons. The Hall–Kier alpha value is -1.75. The first-order valence-electron chi connectivity index (χ1n) is 7.99. The van der Waals surface area contributed by atoms with E-state index < -0.39 is 0 Å². The van der Waals surface area contributed by atoms with E-state index >= 15 is 0 Å². The van der Waals surface area contributed by atoms with E-state index in [0.29, 0.717) is 24.7 Å². The predicted octanol–water partition coefficient (Wildman–Crippen LogP) is 2.99. The van der Waals surface area contributed by atoms with E-state index in [2.05, 4.69) is 5.32 Å². The van der Waals surface area contributed by atoms with Crippen LogP contribution in [0.2, 0.25) is 0 Å². The largest absolute Gasteiger partial charge is 0.493 e. The number of amides is 1. The van der Waals surface area contributed by atoms with Crippen LogP contribution in [0.4, 0.5) is 5.69 Å². The van der Waals surface area contributed by atoms with Crippen LogP contribution >= 0.6 is 0 Å². The highest BCUT2D eigenvalue weighted by atomic mass is 16.5. The Morgan fingerprint density at radius 1 is 1.23 bits per heavy atom. The Bertz CT molecular complexity index is 519. The number of benzene rings is 1. The molecule has 1 saturated heterocycles. The van der Waals surface area contributed by atoms with Crippen LogP contribution in [0.3, 0.4) is 0 Å². The summed E-state index contributed by atoms with van der Waals surface area (Å²) in [4.78, 5) is 12.2. The number of rotatable bonds is 5. The van der Waals surface area contributed by atoms with Gasteiger partial charge in [-0.05, 0) is 44.2 Å². The molecule has 1 aliphatic carbocycles. The summed E-state index contributed by atoms with van der Waals surface area (Å²) < 4.78 is 16.7. The van der Waals surface area contributed by atoms with Crippen LogP contribution in [0.1, 0.15) is 32.1 Å². The number of nitrogens with one attached hydrogen (secondary N) is 1. The number of carbonyl (C=O) groups excluding carboxylic acids is 1. The van der Waals surface area contributed by atoms with Gasteiger partial charge in [0.2, 0.25) is 5.91 Å². The third kappa shape index (κ3) is 3.53. The van der Waals surface area contributed by atoms with Crippen LogP contribution < -0.4 is 14.8 Å². The van der Waals surface area contributed by atoms with Crippen LogP contribution in [0.15, 0.2) is 18.2 Å². The van der Waals surface area contributed by atoms with E-state index in [1.807, 2.05) is 18.2 Å². The number of carbonyl (C=O) groups is 1. The molecule has 3 rings (SSSR count). The second-order valence-corrected chi connectivity index (χ2v) is 5.94. The monoisotopic (exact) mass is 305 g/mol. The molecule has 5 nitrogen and oxygen atoms in total. The Morgan fingerprint density at radius 2 is 2.05 bits per heavy atom. The molecule has 120 valence electrons. The minimum absolute atomic E-state index is 0.00878. The zero-order valence-corrected chi connectivity index (χ0v) is 13.0. The summed E-state index contributed by atoms with van der Waals surface area (Å²) in [7, 11) is 1.63. The predicted molar refractivity (Wildman–Crippen MR) is 83.4 cm³/mol. The minimum atomic E-state index is -0.0543. The van der Waals surface area contributed by atoms with Crippen molar-refractivity contribution in [1.29, 1.82) is 0 Å². The highest BCUT2D eigenvalue weighted by Crippen LogP contribution is 2.34. The summed E-state index contributed by atoms with van der Waals surface area (Å²) in [6, 6.07) is 5.53. The molecule has 2 aliphatic rings. The Labute approximate surface area is 130 Å². The number of hydrogen-bond donors (Lipinski definition) is 1. The molecule has 0 unspecified atom stereocenters. The first-order valence-corrected chi connectivity index (χ1v) is 7.99. The molecule has 1 aliphatic heterocycles. The third-order valence-corrected chi connectivity index (χ3v) is 4.33. The van der Waals surface area contributed by atoms with Crippen LogP contribution in [0, 0.1) is 5.92 Å². The van der Waals surface area contributed by atoms with E-state index in [1.54, 1.807) is 7.11 Å². The number of hydrogen-bond acceptors (Lipinski definition) is 4. The molecular formula is C17H23NO4. The molecule has 0 spiro atoms. The SMILES string of the molecule is COc1ccc(NC(=O)[C@@H]2CCOC2)cc1OC1CCCC1. The normalized spacial score (nSPS) is 21.8. The molecule has 2 fully saturated rings. The maximum atomic E-state index is 12.2. The van der Waals surface area contributed by atoms with Crippen molar-refractivity contribution >= 4 is 11.6 Å². The number of ether oxygens (including phenoxy) is 3. The quantitative estimate of drug-likeness (QED) is 0.908. The van der Waals surface area contributed by atoms with E-state index in [0.717, 1.165) is 24.9 Å². The van der Waals surface area contributed by atoms with E-state index in [-0.39, 0.29) is 17.9 Å². The first-order chi connectivity index (χ1) is 10.8. The van der Waals surface area contributed by atoms with Gasteiger partial charge in [-0.25, -0.2) is 0 Å². The maximum absolute atomic E-state index is 12.2. The summed E-state index contributed by atoms with van der Waals surface area (Å²) in [5, 5.41) is 2.95. The standard InChI is InChI=1S/C17H23NO4/c1-20-15-7-6-13(18-17(19)12-8-9-21-11-12)10-16(15)22-14-4-2-3-5-14/h6-7,10,12,14H,2-5,8-9,11H2,1H3,(H,18,19)/t12-/m1/s1. The molecule has 22 heavy (non-hydrogen) atoms. The molecule has 5 heteroatoms. The third-order valence-electron chi connectivity index (χ3n) is 4.33. The van der Waals surface area contributed by atoms with Crippen LogP contribution in [0.25, 0.3) is 0 Å². The lowest BCUT2D eigenvalue weighted by molar-refractivity contribution is -0.119. The fourth-order valence-electron chi connectivity index (χ4n) is 3.02. The van der Waals surface area contributed by atoms with Gasteiger partial charge >= 0.3 is 0 Å². The fourth-order valence-corrected chi connectivity index (χ4v) is 3.02. The zero-order valence-electron chi connectivity index (χ0n) is 13.0. The summed E-state index contributed by atoms with van der Waals surface area (Å²) in [6.07, 6.45) is 5.63. The van der Waals surface area contributed by atoms with Gasteiger partial charge in [-0.3, -0.25) is 4.79 Å². The molecule has 1 amide bonds. The van der Waals surface area contributed by atoms with Crippen LogP contribution in [-0.4, -0.2) is 32.3 Å². The maximum Gasteiger partial charge on any atom is 0.229 e. The topological polar surface area (TPSA) is 56.8 Å². The van der Waals surface area contributed by atoms with Gasteiger partial charge in [0.15, 0.2) is 11.5 Å². The highest BCUT2D eigenvalue weighted by molar-refractivity contribution is 5.93. The lowest BCUT2D eigenvalue weighted by Crippen LogP contribution is -2.22. The summed E-state index contributed by atoms with van der Waals surface area (Å²) in [6.45, 7) is 1.17. The minimum Gasteiger partial charge on any atom is -0.493 e. The van der Waals surface area contributed by atoms with E-state index in [9.17, 15) is 4.79 Å². The highest BCUT2D eigenvalue weighted by Gasteiger charge is 2.24. The van der Waals surface area contributed by atoms with Gasteiger partial charge in [0, 0.05) is 18.4 Å². The zero-order chi connectivity index (χ0) is 15.4. The summed E-state index contributed by atoms with van der Waals surface area (Å²) in [5.41, 5.74) is 0.741. The van der Waals surface area contributed by atoms with Crippen molar-refractivity contribution in [2.75, 3.05) is 25.6 Å². The van der Waals surface area contributed by atoms with Gasteiger partial charge < -0.3 is 19.5 Å². The average Bonchev–Trinajstić information content (AvgIpc) is 3.21. The molecular weight excluding hydrogens is 282 g/mol. The Kier molecular flexibility index (Phi) is 4.83. The Morgan fingerprint density at radius 3 is 2.73 bits per heavy atom. The second kappa shape index (κ2) is 7.01. The fraction of sp³-hybridized carbons (Fsp3) is 0.588. The molecule has 1 aromatic carbocycles. The summed E-state index contributed by atoms with van der Waals surface area (Å²) >= 11 is 0. The molecule has 1 heterocycles. The molecule has 0 bridgehead atoms. The molecule has 1 saturated carbocycles. The molecule has 0 aromatic heterocycles. The van der Waals surface area contributed by atoms with Crippen LogP contribution in [0.5, 0.6) is 11.5 Å². The van der Waals surface area contributed by atoms with Gasteiger partial charge in [0.1, 0.15) is 0 Å². The van der Waals surface area contributed by atoms with Crippen molar-refractivity contribution in [3.63, 3.8) is 0 Å². The van der Waals surface area contributed by atoms with Crippen molar-refractivity contribution in [3.8, 4) is 11.5 Å². The first kappa shape index (κ1) is 15.2. The molecule has 1 atom stereocenters. The van der Waals surface area contributed by atoms with Gasteiger partial charge in [-0.15, -0.1) is 0 Å². The van der Waals surface area contributed by atoms with Gasteiger partial charge in [-0.1, -0.05) is 0 Å². The smallest absolute Gasteiger partial charge is 0.229 e. The van der Waals surface area contributed by atoms with E-state index in [1.165, 1.54) is 12.8 Å². The van der Waals surface area contributed by atoms with Gasteiger partial charge in [0.05, 0.1) is 25.7 Å². The summed E-state index contributed by atoms with van der Waals surface area (Å²) in [5.74, 6) is 1.36. The molecule has 1 N–H and O–H groups in total. The Balaban J connectivity index is 1.69. The molecule has 1 aromatic rings. The second-order valence-electron chi connectivity index (χ2n) is 5.94. The lowest BCUT2D eigenvalue weighted by atomic mass is 10.1. The van der Waals surface area contributed by atoms with Gasteiger partial charge in [0.25, 0.3) is 0 Å². The average molecular weight is 305 g/mol. The van der Waals surface area contributed by atoms with Crippen molar-refractivity contribution in [2.45, 2.75) is 38.2 Å². The van der Waals surface area contributed by atoms with Crippen molar-refractivity contribution < 1.29 is 19.0 Å².